The molecule has 2 saturated heterocycles. The fourth-order valence-corrected chi connectivity index (χ4v) is 6.29. The van der Waals surface area contributed by atoms with Gasteiger partial charge in [-0.3, -0.25) is 9.69 Å². The van der Waals surface area contributed by atoms with Crippen molar-refractivity contribution in [3.8, 4) is 0 Å². The highest BCUT2D eigenvalue weighted by Gasteiger charge is 2.34. The Morgan fingerprint density at radius 1 is 1.23 bits per heavy atom. The highest BCUT2D eigenvalue weighted by molar-refractivity contribution is 6.30. The third-order valence-corrected chi connectivity index (χ3v) is 8.60. The van der Waals surface area contributed by atoms with E-state index in [0.29, 0.717) is 50.8 Å². The number of hydrogen-bond donors (Lipinski definition) is 2. The summed E-state index contributed by atoms with van der Waals surface area (Å²) >= 11 is 6.63. The van der Waals surface area contributed by atoms with E-state index in [4.69, 9.17) is 31.5 Å². The summed E-state index contributed by atoms with van der Waals surface area (Å²) < 4.78 is 18.2. The molecule has 2 amide bonds. The van der Waals surface area contributed by atoms with Crippen molar-refractivity contribution in [3.05, 3.63) is 82.6 Å². The number of aryl methyl sites for hydroxylation is 1. The van der Waals surface area contributed by atoms with Crippen molar-refractivity contribution in [2.75, 3.05) is 53.1 Å². The van der Waals surface area contributed by atoms with Gasteiger partial charge in [-0.15, -0.1) is 0 Å². The number of hydrogen-bond acceptors (Lipinski definition) is 8. The minimum absolute atomic E-state index is 0.0102. The average Bonchev–Trinajstić information content (AvgIpc) is 3.38. The molecule has 0 saturated carbocycles. The van der Waals surface area contributed by atoms with E-state index in [1.54, 1.807) is 17.4 Å². The normalized spacial score (nSPS) is 21.5. The van der Waals surface area contributed by atoms with Gasteiger partial charge in [-0.2, -0.15) is 0 Å². The van der Waals surface area contributed by atoms with Gasteiger partial charge in [0.05, 0.1) is 37.5 Å². The second-order valence-corrected chi connectivity index (χ2v) is 11.7. The van der Waals surface area contributed by atoms with Crippen molar-refractivity contribution in [1.82, 2.24) is 24.7 Å². The summed E-state index contributed by atoms with van der Waals surface area (Å²) in [5, 5.41) is 3.75. The molecule has 5 rings (SSSR count). The number of ether oxygens (including phenoxy) is 3. The van der Waals surface area contributed by atoms with Gasteiger partial charge in [0, 0.05) is 64.2 Å². The minimum atomic E-state index is -0.525. The number of carbonyl (C=O) groups excluding carboxylic acids is 2. The summed E-state index contributed by atoms with van der Waals surface area (Å²) in [7, 11) is 3.39. The zero-order chi connectivity index (χ0) is 31.1. The molecule has 3 aliphatic rings. The molecule has 0 unspecified atom stereocenters. The number of nitrogens with zero attached hydrogens (tertiary/aromatic N) is 4. The average molecular weight is 625 g/mol. The molecule has 0 spiro atoms. The number of aromatic nitrogens is 2. The summed E-state index contributed by atoms with van der Waals surface area (Å²) in [4.78, 5) is 34.4. The van der Waals surface area contributed by atoms with Crippen LogP contribution in [0.3, 0.4) is 0 Å². The third kappa shape index (κ3) is 7.52. The van der Waals surface area contributed by atoms with E-state index in [2.05, 4.69) is 27.3 Å². The van der Waals surface area contributed by atoms with Crippen molar-refractivity contribution in [2.45, 2.75) is 37.5 Å². The lowest BCUT2D eigenvalue weighted by molar-refractivity contribution is -0.125. The van der Waals surface area contributed by atoms with Crippen molar-refractivity contribution in [3.63, 3.8) is 0 Å². The van der Waals surface area contributed by atoms with E-state index >= 15 is 0 Å². The smallest absolute Gasteiger partial charge is 0.410 e. The molecule has 11 nitrogen and oxygen atoms in total. The van der Waals surface area contributed by atoms with E-state index in [1.165, 1.54) is 13.3 Å². The van der Waals surface area contributed by atoms with E-state index in [0.717, 1.165) is 40.8 Å². The van der Waals surface area contributed by atoms with E-state index in [1.807, 2.05) is 35.9 Å². The molecule has 236 valence electrons. The number of halogens is 1. The number of rotatable bonds is 8. The van der Waals surface area contributed by atoms with Crippen LogP contribution >= 0.6 is 11.6 Å². The van der Waals surface area contributed by atoms with Gasteiger partial charge in [0.2, 0.25) is 5.91 Å². The molecule has 3 heterocycles. The summed E-state index contributed by atoms with van der Waals surface area (Å²) in [6, 6.07) is 5.40. The van der Waals surface area contributed by atoms with E-state index < -0.39 is 6.04 Å². The van der Waals surface area contributed by atoms with Gasteiger partial charge in [0.1, 0.15) is 12.7 Å². The summed E-state index contributed by atoms with van der Waals surface area (Å²) in [6.07, 6.45) is 12.7. The van der Waals surface area contributed by atoms with Crippen LogP contribution in [0.15, 0.2) is 60.7 Å². The molecule has 1 aromatic carbocycles. The van der Waals surface area contributed by atoms with Gasteiger partial charge in [0.15, 0.2) is 0 Å². The number of methoxy groups -OCH3 is 1. The Kier molecular flexibility index (Phi) is 10.8. The number of imidazole rings is 1. The second-order valence-electron chi connectivity index (χ2n) is 11.3. The second kappa shape index (κ2) is 14.9. The first kappa shape index (κ1) is 31.8. The fourth-order valence-electron chi connectivity index (χ4n) is 6.12. The maximum Gasteiger partial charge on any atom is 0.410 e. The van der Waals surface area contributed by atoms with Gasteiger partial charge < -0.3 is 34.7 Å². The first-order valence-electron chi connectivity index (χ1n) is 15.0. The van der Waals surface area contributed by atoms with Crippen LogP contribution in [0, 0.1) is 0 Å². The highest BCUT2D eigenvalue weighted by atomic mass is 35.5. The quantitative estimate of drug-likeness (QED) is 0.455. The Hall–Kier alpha value is -3.64. The van der Waals surface area contributed by atoms with Gasteiger partial charge in [-0.1, -0.05) is 29.8 Å². The molecule has 1 aliphatic carbocycles. The standard InChI is InChI=1S/C32H41ClN6O5/c1-37-21-35-19-29(37)31(36-30(40)20-42-2)27-16-22(4-3-9-34)17-28(25-6-5-23(33)18-26(25)27)38-10-12-39(13-11-38)32(41)44-24-7-14-43-15-8-24/h3-6,9,16,18-19,21,24,28,31H,7-8,10-15,17,20,34H2,1-2H3,(H,36,40)/b9-3-,22-4-/t28-,31-/m1/s1. The van der Waals surface area contributed by atoms with Gasteiger partial charge >= 0.3 is 6.09 Å². The maximum atomic E-state index is 12.9. The number of fused-ring (bicyclic) bond motifs is 1. The van der Waals surface area contributed by atoms with Crippen LogP contribution in [0.1, 0.15) is 48.2 Å². The van der Waals surface area contributed by atoms with Crippen molar-refractivity contribution in [2.24, 2.45) is 12.8 Å². The molecule has 2 aliphatic heterocycles. The van der Waals surface area contributed by atoms with Crippen LogP contribution in [0.5, 0.6) is 0 Å². The molecule has 2 fully saturated rings. The van der Waals surface area contributed by atoms with Crippen LogP contribution in [0.25, 0.3) is 5.57 Å². The molecule has 2 atom stereocenters. The van der Waals surface area contributed by atoms with E-state index in [-0.39, 0.29) is 30.8 Å². The predicted molar refractivity (Wildman–Crippen MR) is 168 cm³/mol. The number of carbonyl (C=O) groups is 2. The lowest BCUT2D eigenvalue weighted by Gasteiger charge is -2.40. The lowest BCUT2D eigenvalue weighted by Crippen LogP contribution is -2.50. The Labute approximate surface area is 263 Å². The van der Waals surface area contributed by atoms with Crippen LogP contribution < -0.4 is 11.1 Å². The van der Waals surface area contributed by atoms with Gasteiger partial charge in [0.25, 0.3) is 0 Å². The number of piperazine rings is 1. The number of nitrogens with one attached hydrogen (secondary N) is 1. The molecule has 44 heavy (non-hydrogen) atoms. The first-order valence-corrected chi connectivity index (χ1v) is 15.4. The van der Waals surface area contributed by atoms with Crippen molar-refractivity contribution >= 4 is 29.2 Å². The minimum Gasteiger partial charge on any atom is -0.446 e. The van der Waals surface area contributed by atoms with Crippen LogP contribution in [0.2, 0.25) is 5.02 Å². The third-order valence-electron chi connectivity index (χ3n) is 8.37. The van der Waals surface area contributed by atoms with Crippen LogP contribution in [-0.4, -0.2) is 90.6 Å². The summed E-state index contributed by atoms with van der Waals surface area (Å²) in [5.41, 5.74) is 10.5. The molecular weight excluding hydrogens is 584 g/mol. The molecule has 1 aromatic heterocycles. The highest BCUT2D eigenvalue weighted by Crippen LogP contribution is 2.43. The molecule has 2 aromatic rings. The number of allylic oxidation sites excluding steroid dienone is 3. The van der Waals surface area contributed by atoms with Crippen molar-refractivity contribution in [1.29, 1.82) is 0 Å². The molecule has 3 N–H and O–H groups in total. The van der Waals surface area contributed by atoms with Crippen LogP contribution in [0.4, 0.5) is 4.79 Å². The monoisotopic (exact) mass is 624 g/mol. The maximum absolute atomic E-state index is 12.9. The Morgan fingerprint density at radius 3 is 2.68 bits per heavy atom. The summed E-state index contributed by atoms with van der Waals surface area (Å²) in [6.45, 7) is 3.66. The number of benzene rings is 1. The molecule has 0 bridgehead atoms. The van der Waals surface area contributed by atoms with E-state index in [9.17, 15) is 9.59 Å². The molecule has 0 radical (unpaired) electrons. The van der Waals surface area contributed by atoms with Crippen molar-refractivity contribution < 1.29 is 23.8 Å². The number of amides is 2. The lowest BCUT2D eigenvalue weighted by atomic mass is 9.90. The Balaban J connectivity index is 1.46. The zero-order valence-corrected chi connectivity index (χ0v) is 26.0. The van der Waals surface area contributed by atoms with Gasteiger partial charge in [-0.05, 0) is 53.1 Å². The molecular formula is C32H41ClN6O5. The largest absolute Gasteiger partial charge is 0.446 e. The van der Waals surface area contributed by atoms with Gasteiger partial charge in [-0.25, -0.2) is 9.78 Å². The molecule has 12 heteroatoms. The predicted octanol–water partition coefficient (Wildman–Crippen LogP) is 3.74. The Morgan fingerprint density at radius 2 is 2.00 bits per heavy atom. The Bertz CT molecular complexity index is 1410. The SMILES string of the molecule is COCC(=O)N[C@H](C1=C/C(=C/C=C\N)C[C@@H](N2CCN(C(=O)OC3CCOCC3)CC2)c2ccc(Cl)cc21)c1cncn1C. The topological polar surface area (TPSA) is 124 Å². The van der Waals surface area contributed by atoms with Crippen LogP contribution in [-0.2, 0) is 26.1 Å². The fraction of sp³-hybridized carbons (Fsp3) is 0.469. The summed E-state index contributed by atoms with van der Waals surface area (Å²) in [5.74, 6) is -0.250. The first-order chi connectivity index (χ1) is 21.4. The zero-order valence-electron chi connectivity index (χ0n) is 25.3. The number of nitrogens with two attached hydrogens (primary N) is 1.